The summed E-state index contributed by atoms with van der Waals surface area (Å²) in [4.78, 5) is 49.9. The van der Waals surface area contributed by atoms with Crippen molar-refractivity contribution in [1.82, 2.24) is 10.2 Å². The van der Waals surface area contributed by atoms with Crippen LogP contribution in [0.3, 0.4) is 0 Å². The van der Waals surface area contributed by atoms with E-state index in [1.807, 2.05) is 108 Å². The number of nitrogens with zero attached hydrogens (tertiary/aromatic N) is 2. The molecular weight excluding hydrogens is 771 g/mol. The zero-order valence-electron chi connectivity index (χ0n) is 36.8. The van der Waals surface area contributed by atoms with Gasteiger partial charge in [-0.1, -0.05) is 75.3 Å². The lowest BCUT2D eigenvalue weighted by Crippen LogP contribution is -2.61. The molecule has 2 N–H and O–H groups in total. The Bertz CT molecular complexity index is 1840. The molecule has 14 atom stereocenters. The lowest BCUT2D eigenvalue weighted by atomic mass is 9.73. The molecule has 1 amide bonds. The number of fused-ring (bicyclic) bond motifs is 4. The van der Waals surface area contributed by atoms with Gasteiger partial charge in [-0.3, -0.25) is 9.59 Å². The number of nitrogens with one attached hydrogen (secondary N) is 1. The molecule has 4 fully saturated rings. The van der Waals surface area contributed by atoms with Crippen molar-refractivity contribution in [1.29, 1.82) is 0 Å². The van der Waals surface area contributed by atoms with Crippen molar-refractivity contribution >= 4 is 23.6 Å². The fourth-order valence-electron chi connectivity index (χ4n) is 9.78. The van der Waals surface area contributed by atoms with E-state index in [-0.39, 0.29) is 37.6 Å². The average Bonchev–Trinajstić information content (AvgIpc) is 3.54. The molecule has 330 valence electrons. The summed E-state index contributed by atoms with van der Waals surface area (Å²) in [6.07, 6.45) is -4.19. The number of ketones is 1. The SMILES string of the molecule is CC[C@H]1OC(=O)[C@H](C)[C@H]2OC/C(=N\Oc3cccc(-c4ccccc4)c3)CCO[C@](C)(C[C@@H](C)C(=O)[C@H](C)[C@H]3NC(=O)O[C@@]31C)[C@H](O[C@@H]1O[C@H](C)C[C@H](N(C)C)[C@H]1O)[C@H]2C. The van der Waals surface area contributed by atoms with Crippen LogP contribution in [0.4, 0.5) is 4.79 Å². The van der Waals surface area contributed by atoms with Crippen LogP contribution in [0.15, 0.2) is 59.8 Å². The number of oxime groups is 1. The maximum absolute atomic E-state index is 14.5. The number of ether oxygens (including phenoxy) is 6. The van der Waals surface area contributed by atoms with Gasteiger partial charge in [0, 0.05) is 30.2 Å². The summed E-state index contributed by atoms with van der Waals surface area (Å²) in [6, 6.07) is 16.6. The molecular formula is C46H65N3O11. The van der Waals surface area contributed by atoms with E-state index in [0.717, 1.165) is 11.1 Å². The van der Waals surface area contributed by atoms with Crippen LogP contribution < -0.4 is 10.2 Å². The van der Waals surface area contributed by atoms with Crippen molar-refractivity contribution in [3.8, 4) is 16.9 Å². The van der Waals surface area contributed by atoms with Crippen LogP contribution in [-0.2, 0) is 38.0 Å². The standard InChI is InChI=1S/C46H65N3O11/c1-11-36-46(8)40(47-44(53)59-46)28(4)37(50)26(2)24-45(7)41(58-43-38(51)35(49(9)10)22-27(3)56-43)29(5)39(30(6)42(52)57-36)54-25-33(20-21-55-45)48-60-34-19-15-18-32(23-34)31-16-13-12-14-17-31/h12-19,23,26-30,35-36,38-41,43,51H,11,20-22,24-25H2,1-10H3,(H,47,53)/b48-33-/t26-,27-,28+,29+,30-,35+,36-,38-,39+,40-,41-,43+,45-,46-/m1/s1. The number of alkyl carbamates (subject to hydrolysis) is 1. The topological polar surface area (TPSA) is 164 Å². The van der Waals surface area contributed by atoms with E-state index < -0.39 is 83.7 Å². The molecule has 14 nitrogen and oxygen atoms in total. The van der Waals surface area contributed by atoms with E-state index in [1.54, 1.807) is 20.8 Å². The molecule has 0 unspecified atom stereocenters. The molecule has 0 aromatic heterocycles. The highest BCUT2D eigenvalue weighted by molar-refractivity contribution is 5.86. The van der Waals surface area contributed by atoms with E-state index >= 15 is 0 Å². The summed E-state index contributed by atoms with van der Waals surface area (Å²) in [5.74, 6) is -2.99. The maximum atomic E-state index is 14.5. The number of aliphatic hydroxyl groups excluding tert-OH is 1. The first-order chi connectivity index (χ1) is 28.4. The van der Waals surface area contributed by atoms with Crippen LogP contribution in [0.25, 0.3) is 11.1 Å². The second-order valence-corrected chi connectivity index (χ2v) is 17.9. The Morgan fingerprint density at radius 3 is 2.38 bits per heavy atom. The van der Waals surface area contributed by atoms with Gasteiger partial charge < -0.3 is 48.6 Å². The van der Waals surface area contributed by atoms with Crippen LogP contribution in [0.5, 0.6) is 5.75 Å². The van der Waals surface area contributed by atoms with Gasteiger partial charge in [-0.25, -0.2) is 4.79 Å². The number of aliphatic hydroxyl groups is 1. The monoisotopic (exact) mass is 835 g/mol. The molecule has 4 aliphatic rings. The molecule has 6 rings (SSSR count). The third-order valence-electron chi connectivity index (χ3n) is 13.1. The molecule has 0 spiro atoms. The predicted octanol–water partition coefficient (Wildman–Crippen LogP) is 6.17. The third kappa shape index (κ3) is 9.74. The number of amides is 1. The first-order valence-corrected chi connectivity index (χ1v) is 21.5. The number of likely N-dealkylation sites (N-methyl/N-ethyl adjacent to an activating group) is 1. The smallest absolute Gasteiger partial charge is 0.408 e. The summed E-state index contributed by atoms with van der Waals surface area (Å²) >= 11 is 0. The minimum atomic E-state index is -1.33. The summed E-state index contributed by atoms with van der Waals surface area (Å²) in [5.41, 5.74) is 0.00987. The van der Waals surface area contributed by atoms with Gasteiger partial charge in [0.25, 0.3) is 0 Å². The van der Waals surface area contributed by atoms with E-state index in [1.165, 1.54) is 0 Å². The Kier molecular flexibility index (Phi) is 14.4. The molecule has 4 saturated heterocycles. The zero-order valence-corrected chi connectivity index (χ0v) is 36.8. The highest BCUT2D eigenvalue weighted by Gasteiger charge is 2.57. The first kappa shape index (κ1) is 45.6. The number of rotatable bonds is 7. The molecule has 14 heteroatoms. The lowest BCUT2D eigenvalue weighted by molar-refractivity contribution is -0.304. The summed E-state index contributed by atoms with van der Waals surface area (Å²) in [6.45, 7) is 14.8. The Morgan fingerprint density at radius 2 is 1.68 bits per heavy atom. The number of hydrogen-bond acceptors (Lipinski definition) is 13. The Balaban J connectivity index is 1.41. The molecule has 4 heterocycles. The van der Waals surface area contributed by atoms with Gasteiger partial charge in [-0.05, 0) is 84.3 Å². The number of carbonyl (C=O) groups is 3. The van der Waals surface area contributed by atoms with Crippen molar-refractivity contribution in [3.63, 3.8) is 0 Å². The van der Waals surface area contributed by atoms with Crippen molar-refractivity contribution in [2.75, 3.05) is 27.3 Å². The van der Waals surface area contributed by atoms with Crippen molar-refractivity contribution in [2.24, 2.45) is 28.8 Å². The molecule has 4 aliphatic heterocycles. The zero-order chi connectivity index (χ0) is 43.5. The molecule has 0 saturated carbocycles. The van der Waals surface area contributed by atoms with Gasteiger partial charge in [0.1, 0.15) is 18.0 Å². The maximum Gasteiger partial charge on any atom is 0.408 e. The molecule has 0 aliphatic carbocycles. The average molecular weight is 836 g/mol. The van der Waals surface area contributed by atoms with Gasteiger partial charge in [-0.15, -0.1) is 0 Å². The van der Waals surface area contributed by atoms with Gasteiger partial charge >= 0.3 is 12.1 Å². The van der Waals surface area contributed by atoms with Gasteiger partial charge in [0.05, 0.1) is 54.8 Å². The van der Waals surface area contributed by atoms with Crippen molar-refractivity contribution in [3.05, 3.63) is 54.6 Å². The quantitative estimate of drug-likeness (QED) is 0.241. The van der Waals surface area contributed by atoms with Crippen LogP contribution in [0, 0.1) is 23.7 Å². The van der Waals surface area contributed by atoms with Crippen molar-refractivity contribution < 1.29 is 52.7 Å². The minimum Gasteiger partial charge on any atom is -0.458 e. The number of benzene rings is 2. The summed E-state index contributed by atoms with van der Waals surface area (Å²) in [7, 11) is 3.82. The van der Waals surface area contributed by atoms with Gasteiger partial charge in [-0.2, -0.15) is 0 Å². The molecule has 2 bridgehead atoms. The Hall–Kier alpha value is -3.92. The Morgan fingerprint density at radius 1 is 0.967 bits per heavy atom. The third-order valence-corrected chi connectivity index (χ3v) is 13.1. The molecule has 60 heavy (non-hydrogen) atoms. The normalized spacial score (nSPS) is 39.0. The van der Waals surface area contributed by atoms with E-state index in [4.69, 9.17) is 33.3 Å². The van der Waals surface area contributed by atoms with E-state index in [2.05, 4.69) is 10.5 Å². The molecule has 2 aromatic rings. The fraction of sp³-hybridized carbons (Fsp3) is 0.652. The van der Waals surface area contributed by atoms with Crippen LogP contribution in [-0.4, -0.2) is 121 Å². The van der Waals surface area contributed by atoms with E-state index in [0.29, 0.717) is 30.7 Å². The number of esters is 1. The highest BCUT2D eigenvalue weighted by atomic mass is 16.7. The number of cyclic esters (lactones) is 1. The second kappa shape index (κ2) is 19.0. The lowest BCUT2D eigenvalue weighted by Gasteiger charge is -2.49. The fourth-order valence-corrected chi connectivity index (χ4v) is 9.78. The minimum absolute atomic E-state index is 0.00891. The van der Waals surface area contributed by atoms with Crippen LogP contribution in [0.2, 0.25) is 0 Å². The second-order valence-electron chi connectivity index (χ2n) is 17.9. The van der Waals surface area contributed by atoms with Crippen molar-refractivity contribution in [2.45, 2.75) is 141 Å². The number of Topliss-reactive ketones (excluding diaryl/α,β-unsaturated/α-hetero) is 1. The van der Waals surface area contributed by atoms with Gasteiger partial charge in [0.2, 0.25) is 0 Å². The molecule has 0 radical (unpaired) electrons. The first-order valence-electron chi connectivity index (χ1n) is 21.5. The predicted molar refractivity (Wildman–Crippen MR) is 224 cm³/mol. The number of hydrogen-bond donors (Lipinski definition) is 2. The number of carbonyl (C=O) groups excluding carboxylic acids is 3. The highest BCUT2D eigenvalue weighted by Crippen LogP contribution is 2.42. The largest absolute Gasteiger partial charge is 0.458 e. The van der Waals surface area contributed by atoms with Gasteiger partial charge in [0.15, 0.2) is 17.6 Å². The summed E-state index contributed by atoms with van der Waals surface area (Å²) < 4.78 is 39.1. The molecule has 2 aromatic carbocycles. The van der Waals surface area contributed by atoms with E-state index in [9.17, 15) is 19.5 Å². The van der Waals surface area contributed by atoms with Crippen LogP contribution >= 0.6 is 0 Å². The van der Waals surface area contributed by atoms with Crippen LogP contribution in [0.1, 0.15) is 81.1 Å². The Labute approximate surface area is 354 Å². The summed E-state index contributed by atoms with van der Waals surface area (Å²) in [5, 5.41) is 19.1.